The maximum atomic E-state index is 11.6. The molecule has 2 N–H and O–H groups in total. The van der Waals surface area contributed by atoms with Gasteiger partial charge in [-0.2, -0.15) is 5.26 Å². The summed E-state index contributed by atoms with van der Waals surface area (Å²) in [6, 6.07) is 8.31. The highest BCUT2D eigenvalue weighted by Gasteiger charge is 2.22. The average molecular weight is 329 g/mol. The van der Waals surface area contributed by atoms with E-state index in [1.54, 1.807) is 0 Å². The van der Waals surface area contributed by atoms with Crippen molar-refractivity contribution in [2.24, 2.45) is 0 Å². The smallest absolute Gasteiger partial charge is 0.407 e. The first-order valence-electron chi connectivity index (χ1n) is 8.60. The molecule has 0 radical (unpaired) electrons. The zero-order valence-corrected chi connectivity index (χ0v) is 14.8. The van der Waals surface area contributed by atoms with Gasteiger partial charge in [0.1, 0.15) is 5.60 Å². The Morgan fingerprint density at radius 3 is 2.88 bits per heavy atom. The maximum absolute atomic E-state index is 11.6. The first kappa shape index (κ1) is 18.3. The number of nitriles is 1. The summed E-state index contributed by atoms with van der Waals surface area (Å²) in [5.74, 6) is 0.434. The van der Waals surface area contributed by atoms with Crippen LogP contribution in [0, 0.1) is 11.3 Å². The number of alkyl carbamates (subject to hydrolysis) is 1. The maximum Gasteiger partial charge on any atom is 0.407 e. The molecule has 0 fully saturated rings. The number of rotatable bonds is 5. The zero-order valence-electron chi connectivity index (χ0n) is 14.8. The second-order valence-electron chi connectivity index (χ2n) is 7.21. The van der Waals surface area contributed by atoms with Gasteiger partial charge < -0.3 is 15.4 Å². The van der Waals surface area contributed by atoms with Crippen LogP contribution in [-0.2, 0) is 11.2 Å². The highest BCUT2D eigenvalue weighted by molar-refractivity contribution is 5.67. The van der Waals surface area contributed by atoms with Gasteiger partial charge in [0.25, 0.3) is 0 Å². The van der Waals surface area contributed by atoms with Gasteiger partial charge in [0.15, 0.2) is 0 Å². The van der Waals surface area contributed by atoms with E-state index in [1.165, 1.54) is 11.1 Å². The van der Waals surface area contributed by atoms with Crippen LogP contribution >= 0.6 is 0 Å². The van der Waals surface area contributed by atoms with Gasteiger partial charge in [-0.05, 0) is 63.1 Å². The van der Waals surface area contributed by atoms with Crippen molar-refractivity contribution in [1.82, 2.24) is 10.6 Å². The van der Waals surface area contributed by atoms with E-state index in [0.29, 0.717) is 19.0 Å². The molecule has 5 nitrogen and oxygen atoms in total. The van der Waals surface area contributed by atoms with Crippen LogP contribution in [0.5, 0.6) is 0 Å². The lowest BCUT2D eigenvalue weighted by atomic mass is 9.81. The van der Waals surface area contributed by atoms with Crippen LogP contribution in [0.25, 0.3) is 0 Å². The van der Waals surface area contributed by atoms with Crippen LogP contribution in [0.3, 0.4) is 0 Å². The minimum absolute atomic E-state index is 0.383. The second kappa shape index (κ2) is 8.16. The average Bonchev–Trinajstić information content (AvgIpc) is 2.52. The highest BCUT2D eigenvalue weighted by Crippen LogP contribution is 2.32. The normalized spacial score (nSPS) is 16.8. The quantitative estimate of drug-likeness (QED) is 0.814. The van der Waals surface area contributed by atoms with Crippen molar-refractivity contribution in [1.29, 1.82) is 5.26 Å². The van der Waals surface area contributed by atoms with E-state index in [4.69, 9.17) is 4.74 Å². The number of hydrogen-bond acceptors (Lipinski definition) is 4. The van der Waals surface area contributed by atoms with E-state index in [2.05, 4.69) is 22.8 Å². The molecule has 1 aromatic carbocycles. The van der Waals surface area contributed by atoms with Gasteiger partial charge in [-0.25, -0.2) is 4.79 Å². The Morgan fingerprint density at radius 1 is 1.38 bits per heavy atom. The fourth-order valence-corrected chi connectivity index (χ4v) is 3.11. The summed E-state index contributed by atoms with van der Waals surface area (Å²) in [5.41, 5.74) is 2.85. The molecular formula is C19H27N3O2. The van der Waals surface area contributed by atoms with Gasteiger partial charge in [-0.15, -0.1) is 0 Å². The predicted molar refractivity (Wildman–Crippen MR) is 93.9 cm³/mol. The number of ether oxygens (including phenoxy) is 1. The highest BCUT2D eigenvalue weighted by atomic mass is 16.6. The van der Waals surface area contributed by atoms with Gasteiger partial charge in [0.2, 0.25) is 0 Å². The first-order valence-corrected chi connectivity index (χ1v) is 8.60. The lowest BCUT2D eigenvalue weighted by Gasteiger charge is -2.26. The topological polar surface area (TPSA) is 74.2 Å². The molecule has 0 heterocycles. The van der Waals surface area contributed by atoms with E-state index < -0.39 is 5.60 Å². The predicted octanol–water partition coefficient (Wildman–Crippen LogP) is 3.09. The molecule has 2 rings (SSSR count). The van der Waals surface area contributed by atoms with E-state index in [9.17, 15) is 10.1 Å². The van der Waals surface area contributed by atoms with Crippen LogP contribution in [0.1, 0.15) is 56.2 Å². The number of nitrogens with one attached hydrogen (secondary N) is 2. The Labute approximate surface area is 144 Å². The Bertz CT molecular complexity index is 614. The molecule has 0 bridgehead atoms. The minimum Gasteiger partial charge on any atom is -0.444 e. The van der Waals surface area contributed by atoms with Crippen molar-refractivity contribution >= 4 is 6.09 Å². The lowest BCUT2D eigenvalue weighted by molar-refractivity contribution is 0.0528. The second-order valence-corrected chi connectivity index (χ2v) is 7.21. The van der Waals surface area contributed by atoms with Gasteiger partial charge in [-0.1, -0.05) is 12.1 Å². The molecule has 0 saturated carbocycles. The van der Waals surface area contributed by atoms with Crippen molar-refractivity contribution in [3.05, 3.63) is 34.9 Å². The van der Waals surface area contributed by atoms with E-state index in [-0.39, 0.29) is 6.09 Å². The van der Waals surface area contributed by atoms with Crippen LogP contribution < -0.4 is 10.6 Å². The number of nitrogens with zero attached hydrogens (tertiary/aromatic N) is 1. The molecule has 1 unspecified atom stereocenters. The number of fused-ring (bicyclic) bond motifs is 1. The molecular weight excluding hydrogens is 302 g/mol. The number of hydrogen-bond donors (Lipinski definition) is 2. The molecule has 1 amide bonds. The molecule has 0 aromatic heterocycles. The van der Waals surface area contributed by atoms with E-state index in [0.717, 1.165) is 31.4 Å². The Balaban J connectivity index is 1.77. The standard InChI is InChI=1S/C19H27N3O2/c1-19(2,3)24-18(23)22-11-10-21-13-15-7-5-8-16-14(12-20)6-4-9-17(15)16/h4,6,9,15,21H,5,7-8,10-11,13H2,1-3H3,(H,22,23). The monoisotopic (exact) mass is 329 g/mol. The first-order chi connectivity index (χ1) is 11.4. The van der Waals surface area contributed by atoms with Crippen molar-refractivity contribution in [2.45, 2.75) is 51.6 Å². The van der Waals surface area contributed by atoms with E-state index in [1.807, 2.05) is 32.9 Å². The molecule has 130 valence electrons. The molecule has 5 heteroatoms. The fraction of sp³-hybridized carbons (Fsp3) is 0.579. The fourth-order valence-electron chi connectivity index (χ4n) is 3.11. The van der Waals surface area contributed by atoms with Gasteiger partial charge in [0.05, 0.1) is 11.6 Å². The third kappa shape index (κ3) is 5.24. The molecule has 0 saturated heterocycles. The van der Waals surface area contributed by atoms with E-state index >= 15 is 0 Å². The van der Waals surface area contributed by atoms with Gasteiger partial charge >= 0.3 is 6.09 Å². The van der Waals surface area contributed by atoms with Crippen LogP contribution in [0.4, 0.5) is 4.79 Å². The van der Waals surface area contributed by atoms with Crippen molar-refractivity contribution < 1.29 is 9.53 Å². The third-order valence-corrected chi connectivity index (χ3v) is 4.11. The van der Waals surface area contributed by atoms with Crippen LogP contribution in [0.2, 0.25) is 0 Å². The summed E-state index contributed by atoms with van der Waals surface area (Å²) in [7, 11) is 0. The minimum atomic E-state index is -0.470. The molecule has 0 aliphatic heterocycles. The Kier molecular flexibility index (Phi) is 6.22. The molecule has 1 aromatic rings. The SMILES string of the molecule is CC(C)(C)OC(=O)NCCNCC1CCCc2c(C#N)cccc21. The van der Waals surface area contributed by atoms with Gasteiger partial charge in [0, 0.05) is 19.6 Å². The summed E-state index contributed by atoms with van der Waals surface area (Å²) < 4.78 is 5.20. The van der Waals surface area contributed by atoms with Crippen molar-refractivity contribution in [3.63, 3.8) is 0 Å². The van der Waals surface area contributed by atoms with Crippen molar-refractivity contribution in [2.75, 3.05) is 19.6 Å². The molecule has 1 aliphatic rings. The summed E-state index contributed by atoms with van der Waals surface area (Å²) in [6.07, 6.45) is 2.86. The Hall–Kier alpha value is -2.06. The largest absolute Gasteiger partial charge is 0.444 e. The third-order valence-electron chi connectivity index (χ3n) is 4.11. The lowest BCUT2D eigenvalue weighted by Crippen LogP contribution is -2.37. The number of amides is 1. The molecule has 1 aliphatic carbocycles. The molecule has 24 heavy (non-hydrogen) atoms. The van der Waals surface area contributed by atoms with Gasteiger partial charge in [-0.3, -0.25) is 0 Å². The number of benzene rings is 1. The Morgan fingerprint density at radius 2 is 2.17 bits per heavy atom. The number of carbonyl (C=O) groups is 1. The summed E-state index contributed by atoms with van der Waals surface area (Å²) in [6.45, 7) is 7.64. The number of carbonyl (C=O) groups excluding carboxylic acids is 1. The van der Waals surface area contributed by atoms with Crippen molar-refractivity contribution in [3.8, 4) is 6.07 Å². The van der Waals surface area contributed by atoms with Crippen LogP contribution in [0.15, 0.2) is 18.2 Å². The summed E-state index contributed by atoms with van der Waals surface area (Å²) in [4.78, 5) is 11.6. The zero-order chi connectivity index (χ0) is 17.6. The van der Waals surface area contributed by atoms with Crippen LogP contribution in [-0.4, -0.2) is 31.3 Å². The summed E-state index contributed by atoms with van der Waals surface area (Å²) >= 11 is 0. The summed E-state index contributed by atoms with van der Waals surface area (Å²) in [5, 5.41) is 15.4. The molecule has 1 atom stereocenters. The molecule has 0 spiro atoms.